The fourth-order valence-corrected chi connectivity index (χ4v) is 2.76. The molecule has 0 aromatic carbocycles. The van der Waals surface area contributed by atoms with Crippen LogP contribution >= 0.6 is 7.82 Å². The van der Waals surface area contributed by atoms with Gasteiger partial charge in [-0.1, -0.05) is 38.5 Å². The van der Waals surface area contributed by atoms with Gasteiger partial charge in [-0.15, -0.1) is 0 Å². The SMILES string of the molecule is [CH2-]CCCCCCCCC(=O)OC[C@H](COP(=O)(O)O)OC(=O)CCCC[CH2-]. The quantitative estimate of drug-likeness (QED) is 0.148. The van der Waals surface area contributed by atoms with Crippen molar-refractivity contribution in [1.29, 1.82) is 0 Å². The highest BCUT2D eigenvalue weighted by Gasteiger charge is 2.22. The van der Waals surface area contributed by atoms with Crippen molar-refractivity contribution in [2.75, 3.05) is 13.2 Å². The summed E-state index contributed by atoms with van der Waals surface area (Å²) in [6.45, 7) is 6.62. The Morgan fingerprint density at radius 3 is 1.89 bits per heavy atom. The summed E-state index contributed by atoms with van der Waals surface area (Å²) in [4.78, 5) is 41.2. The van der Waals surface area contributed by atoms with Crippen molar-refractivity contribution >= 4 is 19.8 Å². The molecule has 0 saturated heterocycles. The highest BCUT2D eigenvalue weighted by Crippen LogP contribution is 2.35. The number of hydrogen-bond acceptors (Lipinski definition) is 6. The summed E-state index contributed by atoms with van der Waals surface area (Å²) in [6, 6.07) is 0. The molecule has 0 bridgehead atoms. The van der Waals surface area contributed by atoms with E-state index in [0.717, 1.165) is 44.9 Å². The third kappa shape index (κ3) is 18.4. The number of esters is 2. The van der Waals surface area contributed by atoms with Crippen LogP contribution in [0.5, 0.6) is 0 Å². The van der Waals surface area contributed by atoms with Crippen LogP contribution in [0, 0.1) is 13.8 Å². The Bertz CT molecular complexity index is 463. The molecule has 1 atom stereocenters. The molecule has 166 valence electrons. The first-order valence-corrected chi connectivity index (χ1v) is 11.4. The summed E-state index contributed by atoms with van der Waals surface area (Å²) in [5, 5.41) is 0. The normalized spacial score (nSPS) is 12.6. The molecule has 0 aromatic heterocycles. The highest BCUT2D eigenvalue weighted by molar-refractivity contribution is 7.46. The van der Waals surface area contributed by atoms with Gasteiger partial charge < -0.3 is 33.1 Å². The van der Waals surface area contributed by atoms with Crippen LogP contribution in [0.25, 0.3) is 0 Å². The van der Waals surface area contributed by atoms with E-state index in [1.165, 1.54) is 0 Å². The first-order chi connectivity index (χ1) is 13.3. The Hall–Kier alpha value is -0.950. The predicted molar refractivity (Wildman–Crippen MR) is 105 cm³/mol. The first-order valence-electron chi connectivity index (χ1n) is 9.92. The van der Waals surface area contributed by atoms with Crippen molar-refractivity contribution in [2.45, 2.75) is 83.2 Å². The maximum absolute atomic E-state index is 11.8. The van der Waals surface area contributed by atoms with Crippen molar-refractivity contribution < 1.29 is 37.9 Å². The number of carbonyl (C=O) groups excluding carboxylic acids is 2. The van der Waals surface area contributed by atoms with Gasteiger partial charge in [0.1, 0.15) is 6.61 Å². The number of unbranched alkanes of at least 4 members (excludes halogenated alkanes) is 8. The summed E-state index contributed by atoms with van der Waals surface area (Å²) >= 11 is 0. The van der Waals surface area contributed by atoms with Gasteiger partial charge in [0.05, 0.1) is 6.61 Å². The Kier molecular flexibility index (Phi) is 16.4. The fraction of sp³-hybridized carbons (Fsp3) is 0.789. The standard InChI is InChI=1S/C19H35O8P/c1-3-5-7-8-9-10-12-13-18(20)25-15-17(16-26-28(22,23)24)27-19(21)14-11-6-4-2/h17H,1-16H2,(H2,22,23,24)/q-2/t17-/m1/s1. The van der Waals surface area contributed by atoms with Gasteiger partial charge >= 0.3 is 19.8 Å². The molecule has 0 aromatic rings. The van der Waals surface area contributed by atoms with Crippen molar-refractivity contribution in [2.24, 2.45) is 0 Å². The van der Waals surface area contributed by atoms with Crippen molar-refractivity contribution in [3.63, 3.8) is 0 Å². The second kappa shape index (κ2) is 17.0. The van der Waals surface area contributed by atoms with Crippen LogP contribution in [0.4, 0.5) is 0 Å². The van der Waals surface area contributed by atoms with Crippen molar-refractivity contribution in [3.05, 3.63) is 13.8 Å². The lowest BCUT2D eigenvalue weighted by atomic mass is 10.1. The minimum Gasteiger partial charge on any atom is -0.462 e. The smallest absolute Gasteiger partial charge is 0.462 e. The van der Waals surface area contributed by atoms with Gasteiger partial charge in [-0.2, -0.15) is 12.8 Å². The molecule has 0 fully saturated rings. The minimum atomic E-state index is -4.71. The van der Waals surface area contributed by atoms with Crippen LogP contribution in [0.1, 0.15) is 77.0 Å². The molecule has 0 aliphatic heterocycles. The van der Waals surface area contributed by atoms with Gasteiger partial charge in [0, 0.05) is 12.8 Å². The zero-order valence-electron chi connectivity index (χ0n) is 16.7. The van der Waals surface area contributed by atoms with E-state index >= 15 is 0 Å². The molecular formula is C19H35O8P-2. The second-order valence-corrected chi connectivity index (χ2v) is 7.86. The van der Waals surface area contributed by atoms with E-state index in [1.807, 2.05) is 0 Å². The fourth-order valence-electron chi connectivity index (χ4n) is 2.40. The Labute approximate surface area is 168 Å². The molecule has 0 unspecified atom stereocenters. The lowest BCUT2D eigenvalue weighted by Gasteiger charge is -2.18. The van der Waals surface area contributed by atoms with E-state index in [0.29, 0.717) is 19.3 Å². The summed E-state index contributed by atoms with van der Waals surface area (Å²) in [6.07, 6.45) is 8.43. The number of carbonyl (C=O) groups is 2. The lowest BCUT2D eigenvalue weighted by Crippen LogP contribution is -2.29. The topological polar surface area (TPSA) is 119 Å². The average Bonchev–Trinajstić information content (AvgIpc) is 2.62. The Balaban J connectivity index is 4.17. The summed E-state index contributed by atoms with van der Waals surface area (Å²) in [5.41, 5.74) is 0. The van der Waals surface area contributed by atoms with Crippen LogP contribution < -0.4 is 0 Å². The van der Waals surface area contributed by atoms with Crippen molar-refractivity contribution in [1.82, 2.24) is 0 Å². The van der Waals surface area contributed by atoms with Gasteiger partial charge in [0.15, 0.2) is 6.10 Å². The molecule has 28 heavy (non-hydrogen) atoms. The summed E-state index contributed by atoms with van der Waals surface area (Å²) in [7, 11) is -4.71. The van der Waals surface area contributed by atoms with Gasteiger partial charge in [-0.25, -0.2) is 4.57 Å². The monoisotopic (exact) mass is 422 g/mol. The number of phosphoric ester groups is 1. The van der Waals surface area contributed by atoms with Crippen molar-refractivity contribution in [3.8, 4) is 0 Å². The van der Waals surface area contributed by atoms with E-state index in [1.54, 1.807) is 0 Å². The third-order valence-corrected chi connectivity index (χ3v) is 4.40. The van der Waals surface area contributed by atoms with E-state index in [4.69, 9.17) is 19.3 Å². The Morgan fingerprint density at radius 2 is 1.29 bits per heavy atom. The molecule has 0 rings (SSSR count). The first kappa shape index (κ1) is 27.0. The number of rotatable bonds is 18. The van der Waals surface area contributed by atoms with E-state index < -0.39 is 32.5 Å². The number of hydrogen-bond donors (Lipinski definition) is 2. The van der Waals surface area contributed by atoms with Crippen LogP contribution in [0.15, 0.2) is 0 Å². The molecule has 0 radical (unpaired) electrons. The highest BCUT2D eigenvalue weighted by atomic mass is 31.2. The van der Waals surface area contributed by atoms with Crippen LogP contribution in [-0.4, -0.2) is 41.0 Å². The molecule has 9 heteroatoms. The van der Waals surface area contributed by atoms with Gasteiger partial charge in [-0.05, 0) is 12.8 Å². The van der Waals surface area contributed by atoms with Gasteiger partial charge in [0.25, 0.3) is 0 Å². The Morgan fingerprint density at radius 1 is 0.786 bits per heavy atom. The summed E-state index contributed by atoms with van der Waals surface area (Å²) < 4.78 is 25.4. The minimum absolute atomic E-state index is 0.157. The molecule has 0 aliphatic rings. The lowest BCUT2D eigenvalue weighted by molar-refractivity contribution is -0.161. The molecule has 0 aliphatic carbocycles. The van der Waals surface area contributed by atoms with E-state index in [-0.39, 0.29) is 19.4 Å². The zero-order valence-corrected chi connectivity index (χ0v) is 17.6. The van der Waals surface area contributed by atoms with E-state index in [9.17, 15) is 14.2 Å². The molecule has 2 N–H and O–H groups in total. The average molecular weight is 422 g/mol. The number of phosphoric acid groups is 1. The maximum Gasteiger partial charge on any atom is 0.469 e. The molecule has 0 saturated carbocycles. The molecule has 0 amide bonds. The van der Waals surface area contributed by atoms with Crippen LogP contribution in [-0.2, 0) is 28.2 Å². The number of ether oxygens (including phenoxy) is 2. The molecule has 0 heterocycles. The van der Waals surface area contributed by atoms with E-state index in [2.05, 4.69) is 18.4 Å². The molecular weight excluding hydrogens is 387 g/mol. The third-order valence-electron chi connectivity index (χ3n) is 3.92. The largest absolute Gasteiger partial charge is 0.469 e. The molecule has 0 spiro atoms. The van der Waals surface area contributed by atoms with Gasteiger partial charge in [0.2, 0.25) is 0 Å². The molecule has 8 nitrogen and oxygen atoms in total. The van der Waals surface area contributed by atoms with Gasteiger partial charge in [-0.3, -0.25) is 14.1 Å². The second-order valence-electron chi connectivity index (χ2n) is 6.62. The van der Waals surface area contributed by atoms with Crippen LogP contribution in [0.2, 0.25) is 0 Å². The maximum atomic E-state index is 11.8. The predicted octanol–water partition coefficient (Wildman–Crippen LogP) is 3.90. The zero-order chi connectivity index (χ0) is 21.3. The summed E-state index contributed by atoms with van der Waals surface area (Å²) in [5.74, 6) is -0.974. The van der Waals surface area contributed by atoms with Crippen LogP contribution in [0.3, 0.4) is 0 Å².